The van der Waals surface area contributed by atoms with E-state index in [4.69, 9.17) is 19.4 Å². The third-order valence-electron chi connectivity index (χ3n) is 8.83. The standard InChI is InChI=1S/C30H34N4O4S2/c1-33-13-9-22(10-14-33)29-32-27(20-39-29)26-19-34(40(35,36)24-5-3-2-4-6-24)28-25(26)17-23(18-31-28)21-7-11-30(12-8-21)37-15-16-38-30/h2-6,17-22H,7-16H2,1H3. The van der Waals surface area contributed by atoms with Gasteiger partial charge in [-0.05, 0) is 75.5 Å². The van der Waals surface area contributed by atoms with E-state index in [-0.39, 0.29) is 4.90 Å². The molecule has 2 saturated heterocycles. The molecule has 10 heteroatoms. The number of fused-ring (bicyclic) bond motifs is 1. The quantitative estimate of drug-likeness (QED) is 0.304. The Morgan fingerprint density at radius 2 is 1.73 bits per heavy atom. The van der Waals surface area contributed by atoms with Gasteiger partial charge in [0, 0.05) is 47.5 Å². The average molecular weight is 579 g/mol. The van der Waals surface area contributed by atoms with Crippen LogP contribution in [0.2, 0.25) is 0 Å². The molecule has 2 aliphatic heterocycles. The molecule has 210 valence electrons. The zero-order valence-corrected chi connectivity index (χ0v) is 24.3. The Kier molecular flexibility index (Phi) is 6.79. The van der Waals surface area contributed by atoms with Crippen molar-refractivity contribution in [2.24, 2.45) is 0 Å². The first-order valence-electron chi connectivity index (χ1n) is 14.2. The lowest BCUT2D eigenvalue weighted by molar-refractivity contribution is -0.178. The lowest BCUT2D eigenvalue weighted by atomic mass is 9.81. The summed E-state index contributed by atoms with van der Waals surface area (Å²) in [7, 11) is -1.67. The summed E-state index contributed by atoms with van der Waals surface area (Å²) in [6.07, 6.45) is 9.37. The number of likely N-dealkylation sites (tertiary alicyclic amines) is 1. The molecule has 8 nitrogen and oxygen atoms in total. The van der Waals surface area contributed by atoms with Gasteiger partial charge in [-0.2, -0.15) is 0 Å². The molecule has 0 amide bonds. The highest BCUT2D eigenvalue weighted by Gasteiger charge is 2.40. The Labute approximate surface area is 239 Å². The highest BCUT2D eigenvalue weighted by Crippen LogP contribution is 2.44. The van der Waals surface area contributed by atoms with Crippen LogP contribution in [-0.2, 0) is 19.5 Å². The maximum Gasteiger partial charge on any atom is 0.269 e. The number of benzene rings is 1. The first-order valence-corrected chi connectivity index (χ1v) is 16.5. The van der Waals surface area contributed by atoms with Gasteiger partial charge in [0.15, 0.2) is 11.4 Å². The number of hydrogen-bond acceptors (Lipinski definition) is 8. The number of rotatable bonds is 5. The summed E-state index contributed by atoms with van der Waals surface area (Å²) in [5, 5.41) is 4.03. The van der Waals surface area contributed by atoms with E-state index < -0.39 is 15.8 Å². The minimum absolute atomic E-state index is 0.240. The fourth-order valence-electron chi connectivity index (χ4n) is 6.44. The second-order valence-corrected chi connectivity index (χ2v) is 14.0. The van der Waals surface area contributed by atoms with Gasteiger partial charge < -0.3 is 14.4 Å². The van der Waals surface area contributed by atoms with Gasteiger partial charge in [-0.3, -0.25) is 0 Å². The zero-order chi connectivity index (χ0) is 27.3. The van der Waals surface area contributed by atoms with Gasteiger partial charge in [0.05, 0.1) is 28.8 Å². The van der Waals surface area contributed by atoms with Gasteiger partial charge in [-0.15, -0.1) is 11.3 Å². The summed E-state index contributed by atoms with van der Waals surface area (Å²) in [6.45, 7) is 3.47. The second kappa shape index (κ2) is 10.3. The number of hydrogen-bond donors (Lipinski definition) is 0. The molecule has 1 spiro atoms. The second-order valence-electron chi connectivity index (χ2n) is 11.3. The Morgan fingerprint density at radius 3 is 2.45 bits per heavy atom. The van der Waals surface area contributed by atoms with Gasteiger partial charge in [0.2, 0.25) is 0 Å². The summed E-state index contributed by atoms with van der Waals surface area (Å²) in [5.74, 6) is 0.346. The van der Waals surface area contributed by atoms with Crippen LogP contribution in [0.25, 0.3) is 22.3 Å². The minimum Gasteiger partial charge on any atom is -0.348 e. The number of piperidine rings is 1. The number of thiazole rings is 1. The first-order chi connectivity index (χ1) is 19.4. The van der Waals surface area contributed by atoms with Crippen LogP contribution in [0.5, 0.6) is 0 Å². The first kappa shape index (κ1) is 26.3. The van der Waals surface area contributed by atoms with Crippen molar-refractivity contribution in [2.75, 3.05) is 33.4 Å². The third kappa shape index (κ3) is 4.69. The van der Waals surface area contributed by atoms with Crippen molar-refractivity contribution >= 4 is 32.4 Å². The normalized spacial score (nSPS) is 21.0. The third-order valence-corrected chi connectivity index (χ3v) is 11.5. The molecule has 3 aliphatic rings. The molecule has 7 rings (SSSR count). The lowest BCUT2D eigenvalue weighted by Gasteiger charge is -2.35. The van der Waals surface area contributed by atoms with Crippen molar-refractivity contribution < 1.29 is 17.9 Å². The molecule has 0 radical (unpaired) electrons. The summed E-state index contributed by atoms with van der Waals surface area (Å²) in [6, 6.07) is 10.7. The molecular weight excluding hydrogens is 544 g/mol. The van der Waals surface area contributed by atoms with Crippen LogP contribution in [0.3, 0.4) is 0 Å². The molecule has 0 bridgehead atoms. The van der Waals surface area contributed by atoms with Crippen molar-refractivity contribution in [1.29, 1.82) is 0 Å². The van der Waals surface area contributed by atoms with E-state index in [2.05, 4.69) is 23.4 Å². The number of pyridine rings is 1. The summed E-state index contributed by atoms with van der Waals surface area (Å²) in [4.78, 5) is 12.4. The molecule has 4 aromatic rings. The number of ether oxygens (including phenoxy) is 2. The Hall–Kier alpha value is -2.63. The summed E-state index contributed by atoms with van der Waals surface area (Å²) >= 11 is 1.68. The molecule has 0 atom stereocenters. The van der Waals surface area contributed by atoms with E-state index in [0.29, 0.717) is 30.7 Å². The maximum absolute atomic E-state index is 13.8. The van der Waals surface area contributed by atoms with E-state index in [0.717, 1.165) is 78.8 Å². The van der Waals surface area contributed by atoms with Gasteiger partial charge in [-0.1, -0.05) is 18.2 Å². The van der Waals surface area contributed by atoms with Gasteiger partial charge in [0.1, 0.15) is 0 Å². The van der Waals surface area contributed by atoms with E-state index in [1.807, 2.05) is 12.3 Å². The predicted molar refractivity (Wildman–Crippen MR) is 155 cm³/mol. The Morgan fingerprint density at radius 1 is 1.00 bits per heavy atom. The van der Waals surface area contributed by atoms with Crippen LogP contribution >= 0.6 is 11.3 Å². The van der Waals surface area contributed by atoms with Crippen LogP contribution in [-0.4, -0.2) is 66.4 Å². The molecule has 1 aliphatic carbocycles. The SMILES string of the molecule is CN1CCC(c2nc(-c3cn(S(=O)(=O)c4ccccc4)c4ncc(C5CCC6(CC5)OCCO6)cc34)cs2)CC1. The van der Waals surface area contributed by atoms with E-state index in [9.17, 15) is 8.42 Å². The van der Waals surface area contributed by atoms with E-state index in [1.54, 1.807) is 41.8 Å². The summed E-state index contributed by atoms with van der Waals surface area (Å²) < 4.78 is 40.8. The fourth-order valence-corrected chi connectivity index (χ4v) is 8.78. The van der Waals surface area contributed by atoms with Crippen molar-refractivity contribution in [1.82, 2.24) is 18.8 Å². The molecular formula is C30H34N4O4S2. The van der Waals surface area contributed by atoms with Crippen molar-refractivity contribution in [3.8, 4) is 11.3 Å². The van der Waals surface area contributed by atoms with Crippen molar-refractivity contribution in [3.05, 3.63) is 64.7 Å². The minimum atomic E-state index is -3.83. The molecule has 5 heterocycles. The average Bonchev–Trinajstić information content (AvgIpc) is 3.73. The topological polar surface area (TPSA) is 86.6 Å². The number of aromatic nitrogens is 3. The zero-order valence-electron chi connectivity index (χ0n) is 22.7. The molecule has 3 fully saturated rings. The Balaban J connectivity index is 1.28. The van der Waals surface area contributed by atoms with Crippen molar-refractivity contribution in [3.63, 3.8) is 0 Å². The smallest absolute Gasteiger partial charge is 0.269 e. The highest BCUT2D eigenvalue weighted by molar-refractivity contribution is 7.90. The van der Waals surface area contributed by atoms with E-state index >= 15 is 0 Å². The molecule has 40 heavy (non-hydrogen) atoms. The van der Waals surface area contributed by atoms with Crippen molar-refractivity contribution in [2.45, 2.75) is 61.0 Å². The monoisotopic (exact) mass is 578 g/mol. The Bertz CT molecular complexity index is 1610. The van der Waals surface area contributed by atoms with Crippen LogP contribution in [0.15, 0.2) is 59.1 Å². The molecule has 0 N–H and O–H groups in total. The van der Waals surface area contributed by atoms with Gasteiger partial charge in [-0.25, -0.2) is 22.4 Å². The van der Waals surface area contributed by atoms with Crippen LogP contribution in [0.4, 0.5) is 0 Å². The molecule has 1 aromatic carbocycles. The van der Waals surface area contributed by atoms with Crippen LogP contribution in [0.1, 0.15) is 60.9 Å². The molecule has 1 saturated carbocycles. The number of nitrogens with zero attached hydrogens (tertiary/aromatic N) is 4. The highest BCUT2D eigenvalue weighted by atomic mass is 32.2. The fraction of sp³-hybridized carbons (Fsp3) is 0.467. The molecule has 0 unspecified atom stereocenters. The van der Waals surface area contributed by atoms with E-state index in [1.165, 1.54) is 3.97 Å². The predicted octanol–water partition coefficient (Wildman–Crippen LogP) is 5.61. The largest absolute Gasteiger partial charge is 0.348 e. The summed E-state index contributed by atoms with van der Waals surface area (Å²) in [5.41, 5.74) is 3.20. The maximum atomic E-state index is 13.8. The van der Waals surface area contributed by atoms with Crippen LogP contribution in [0, 0.1) is 0 Å². The lowest BCUT2D eigenvalue weighted by Crippen LogP contribution is -2.34. The van der Waals surface area contributed by atoms with Gasteiger partial charge in [0.25, 0.3) is 10.0 Å². The van der Waals surface area contributed by atoms with Gasteiger partial charge >= 0.3 is 0 Å². The molecule has 3 aromatic heterocycles. The van der Waals surface area contributed by atoms with Crippen LogP contribution < -0.4 is 0 Å².